The van der Waals surface area contributed by atoms with Gasteiger partial charge in [0.1, 0.15) is 5.82 Å². The number of likely N-dealkylation sites (N-methyl/N-ethyl adjacent to an activating group) is 1. The van der Waals surface area contributed by atoms with Crippen molar-refractivity contribution in [1.29, 1.82) is 0 Å². The normalized spacial score (nSPS) is 11.1. The van der Waals surface area contributed by atoms with E-state index in [1.165, 1.54) is 11.1 Å². The van der Waals surface area contributed by atoms with Crippen molar-refractivity contribution in [3.8, 4) is 11.3 Å². The van der Waals surface area contributed by atoms with Gasteiger partial charge in [0.25, 0.3) is 0 Å². The lowest BCUT2D eigenvalue weighted by Gasteiger charge is -2.15. The third-order valence-corrected chi connectivity index (χ3v) is 4.71. The lowest BCUT2D eigenvalue weighted by molar-refractivity contribution is 0.425. The van der Waals surface area contributed by atoms with Crippen molar-refractivity contribution in [2.45, 2.75) is 26.7 Å². The second kappa shape index (κ2) is 9.47. The highest BCUT2D eigenvalue weighted by atomic mass is 15.2. The molecule has 0 fully saturated rings. The van der Waals surface area contributed by atoms with Crippen molar-refractivity contribution in [2.24, 2.45) is 0 Å². The molecule has 2 aromatic heterocycles. The number of nitrogens with one attached hydrogen (secondary N) is 2. The Bertz CT molecular complexity index is 937. The molecule has 2 heterocycles. The van der Waals surface area contributed by atoms with Gasteiger partial charge in [-0.05, 0) is 62.3 Å². The fourth-order valence-corrected chi connectivity index (χ4v) is 3.20. The van der Waals surface area contributed by atoms with E-state index in [2.05, 4.69) is 69.5 Å². The van der Waals surface area contributed by atoms with Crippen LogP contribution in [0.1, 0.15) is 30.9 Å². The highest BCUT2D eigenvalue weighted by molar-refractivity contribution is 5.67. The number of pyridine rings is 1. The Hall–Kier alpha value is -2.99. The fourth-order valence-electron chi connectivity index (χ4n) is 3.20. The molecule has 29 heavy (non-hydrogen) atoms. The molecule has 0 spiro atoms. The largest absolute Gasteiger partial charge is 0.353 e. The topological polar surface area (TPSA) is 66.0 Å². The maximum atomic E-state index is 4.69. The fraction of sp³-hybridized carbons (Fsp3) is 0.348. The highest BCUT2D eigenvalue weighted by Gasteiger charge is 2.09. The minimum Gasteiger partial charge on any atom is -0.353 e. The van der Waals surface area contributed by atoms with Gasteiger partial charge in [-0.3, -0.25) is 4.98 Å². The van der Waals surface area contributed by atoms with Gasteiger partial charge in [0.05, 0.1) is 5.69 Å². The third-order valence-electron chi connectivity index (χ3n) is 4.71. The van der Waals surface area contributed by atoms with Gasteiger partial charge >= 0.3 is 0 Å². The van der Waals surface area contributed by atoms with E-state index in [0.717, 1.165) is 35.9 Å². The standard InChI is InChI=1S/C23H30N6/c1-16(2)20-7-6-19(14-17(20)3)26-22-15-21(18-8-10-24-11-9-18)27-23(28-22)25-12-13-29(4)5/h6-11,14-16H,12-13H2,1-5H3,(H2,25,26,27,28). The molecule has 3 rings (SSSR count). The summed E-state index contributed by atoms with van der Waals surface area (Å²) in [4.78, 5) is 15.6. The molecule has 3 aromatic rings. The molecule has 0 unspecified atom stereocenters. The molecule has 0 bridgehead atoms. The predicted molar refractivity (Wildman–Crippen MR) is 121 cm³/mol. The summed E-state index contributed by atoms with van der Waals surface area (Å²) in [5, 5.41) is 6.77. The maximum absolute atomic E-state index is 4.69. The quantitative estimate of drug-likeness (QED) is 0.582. The monoisotopic (exact) mass is 390 g/mol. The molecule has 0 radical (unpaired) electrons. The van der Waals surface area contributed by atoms with Gasteiger partial charge in [-0.1, -0.05) is 19.9 Å². The number of hydrogen-bond donors (Lipinski definition) is 2. The first-order valence-corrected chi connectivity index (χ1v) is 9.98. The average Bonchev–Trinajstić information content (AvgIpc) is 2.68. The first-order valence-electron chi connectivity index (χ1n) is 9.98. The summed E-state index contributed by atoms with van der Waals surface area (Å²) in [6.07, 6.45) is 3.55. The van der Waals surface area contributed by atoms with Crippen LogP contribution in [-0.2, 0) is 0 Å². The van der Waals surface area contributed by atoms with E-state index in [-0.39, 0.29) is 0 Å². The van der Waals surface area contributed by atoms with Crippen molar-refractivity contribution in [2.75, 3.05) is 37.8 Å². The van der Waals surface area contributed by atoms with Crippen molar-refractivity contribution < 1.29 is 0 Å². The van der Waals surface area contributed by atoms with E-state index in [9.17, 15) is 0 Å². The number of rotatable bonds is 8. The van der Waals surface area contributed by atoms with Gasteiger partial charge in [-0.2, -0.15) is 4.98 Å². The van der Waals surface area contributed by atoms with Gasteiger partial charge < -0.3 is 15.5 Å². The molecule has 1 aromatic carbocycles. The Morgan fingerprint density at radius 2 is 1.76 bits per heavy atom. The third kappa shape index (κ3) is 5.74. The molecule has 0 saturated carbocycles. The molecule has 0 aliphatic rings. The van der Waals surface area contributed by atoms with Crippen LogP contribution in [0.15, 0.2) is 48.8 Å². The highest BCUT2D eigenvalue weighted by Crippen LogP contribution is 2.26. The second-order valence-corrected chi connectivity index (χ2v) is 7.78. The van der Waals surface area contributed by atoms with Crippen LogP contribution >= 0.6 is 0 Å². The molecule has 2 N–H and O–H groups in total. The number of benzene rings is 1. The minimum absolute atomic E-state index is 0.508. The van der Waals surface area contributed by atoms with Gasteiger partial charge in [-0.15, -0.1) is 0 Å². The smallest absolute Gasteiger partial charge is 0.225 e. The van der Waals surface area contributed by atoms with Crippen molar-refractivity contribution in [3.63, 3.8) is 0 Å². The zero-order valence-corrected chi connectivity index (χ0v) is 17.9. The van der Waals surface area contributed by atoms with Crippen LogP contribution in [0.5, 0.6) is 0 Å². The van der Waals surface area contributed by atoms with Crippen LogP contribution < -0.4 is 10.6 Å². The Morgan fingerprint density at radius 1 is 1.00 bits per heavy atom. The summed E-state index contributed by atoms with van der Waals surface area (Å²) in [6, 6.07) is 12.3. The van der Waals surface area contributed by atoms with Crippen LogP contribution in [0.3, 0.4) is 0 Å². The van der Waals surface area contributed by atoms with E-state index in [1.54, 1.807) is 12.4 Å². The summed E-state index contributed by atoms with van der Waals surface area (Å²) in [6.45, 7) is 8.26. The minimum atomic E-state index is 0.508. The van der Waals surface area contributed by atoms with E-state index in [1.807, 2.05) is 32.3 Å². The molecule has 6 heteroatoms. The van der Waals surface area contributed by atoms with Gasteiger partial charge in [0, 0.05) is 42.8 Å². The number of hydrogen-bond acceptors (Lipinski definition) is 6. The lowest BCUT2D eigenvalue weighted by atomic mass is 9.98. The van der Waals surface area contributed by atoms with Gasteiger partial charge in [-0.25, -0.2) is 4.98 Å². The Morgan fingerprint density at radius 3 is 2.41 bits per heavy atom. The predicted octanol–water partition coefficient (Wildman–Crippen LogP) is 4.69. The number of nitrogens with zero attached hydrogens (tertiary/aromatic N) is 4. The molecule has 0 aliphatic heterocycles. The zero-order chi connectivity index (χ0) is 20.8. The summed E-state index contributed by atoms with van der Waals surface area (Å²) < 4.78 is 0. The van der Waals surface area contributed by atoms with Crippen molar-refractivity contribution in [1.82, 2.24) is 19.9 Å². The number of aromatic nitrogens is 3. The Balaban J connectivity index is 1.89. The summed E-state index contributed by atoms with van der Waals surface area (Å²) in [7, 11) is 4.10. The molecule has 0 amide bonds. The molecule has 0 atom stereocenters. The van der Waals surface area contributed by atoms with Crippen molar-refractivity contribution in [3.05, 3.63) is 59.9 Å². The Labute approximate surface area is 173 Å². The molecular weight excluding hydrogens is 360 g/mol. The zero-order valence-electron chi connectivity index (χ0n) is 17.9. The van der Waals surface area contributed by atoms with Crippen LogP contribution in [-0.4, -0.2) is 47.0 Å². The van der Waals surface area contributed by atoms with E-state index in [4.69, 9.17) is 0 Å². The molecule has 0 saturated heterocycles. The van der Waals surface area contributed by atoms with Crippen LogP contribution in [0, 0.1) is 6.92 Å². The van der Waals surface area contributed by atoms with E-state index < -0.39 is 0 Å². The average molecular weight is 391 g/mol. The van der Waals surface area contributed by atoms with Crippen LogP contribution in [0.2, 0.25) is 0 Å². The maximum Gasteiger partial charge on any atom is 0.225 e. The van der Waals surface area contributed by atoms with Gasteiger partial charge in [0.15, 0.2) is 0 Å². The summed E-state index contributed by atoms with van der Waals surface area (Å²) in [5.41, 5.74) is 5.52. The van der Waals surface area contributed by atoms with Gasteiger partial charge in [0.2, 0.25) is 5.95 Å². The lowest BCUT2D eigenvalue weighted by Crippen LogP contribution is -2.21. The summed E-state index contributed by atoms with van der Waals surface area (Å²) >= 11 is 0. The summed E-state index contributed by atoms with van der Waals surface area (Å²) in [5.74, 6) is 1.88. The SMILES string of the molecule is Cc1cc(Nc2cc(-c3ccncc3)nc(NCCN(C)C)n2)ccc1C(C)C. The number of anilines is 3. The van der Waals surface area contributed by atoms with E-state index in [0.29, 0.717) is 11.9 Å². The molecule has 0 aliphatic carbocycles. The van der Waals surface area contributed by atoms with Crippen LogP contribution in [0.25, 0.3) is 11.3 Å². The second-order valence-electron chi connectivity index (χ2n) is 7.78. The molecular formula is C23H30N6. The Kier molecular flexibility index (Phi) is 6.77. The first-order chi connectivity index (χ1) is 13.9. The van der Waals surface area contributed by atoms with E-state index >= 15 is 0 Å². The van der Waals surface area contributed by atoms with Crippen molar-refractivity contribution >= 4 is 17.5 Å². The molecule has 6 nitrogen and oxygen atoms in total. The number of aryl methyl sites for hydroxylation is 1. The molecule has 152 valence electrons. The van der Waals surface area contributed by atoms with Crippen LogP contribution in [0.4, 0.5) is 17.5 Å². The first kappa shape index (κ1) is 20.7.